The maximum absolute atomic E-state index is 6.77. The third-order valence-electron chi connectivity index (χ3n) is 9.56. The van der Waals surface area contributed by atoms with Crippen molar-refractivity contribution in [3.63, 3.8) is 0 Å². The van der Waals surface area contributed by atoms with Crippen molar-refractivity contribution in [3.8, 4) is 17.2 Å². The first kappa shape index (κ1) is 25.2. The Bertz CT molecular complexity index is 3090. The number of rotatable bonds is 2. The van der Waals surface area contributed by atoms with Crippen LogP contribution in [0.2, 0.25) is 0 Å². The maximum Gasteiger partial charge on any atom is 0.197 e. The largest absolute Gasteiger partial charge is 0.450 e. The van der Waals surface area contributed by atoms with E-state index in [1.165, 1.54) is 36.3 Å². The second kappa shape index (κ2) is 9.25. The highest BCUT2D eigenvalue weighted by Gasteiger charge is 2.24. The molecule has 0 saturated carbocycles. The van der Waals surface area contributed by atoms with E-state index >= 15 is 0 Å². The fraction of sp³-hybridized carbons (Fsp3) is 0. The summed E-state index contributed by atoms with van der Waals surface area (Å²) in [6, 6.07) is 49.4. The van der Waals surface area contributed by atoms with Crippen LogP contribution in [0.3, 0.4) is 0 Å². The fourth-order valence-electron chi connectivity index (χ4n) is 7.39. The highest BCUT2D eigenvalue weighted by molar-refractivity contribution is 7.26. The third-order valence-corrected chi connectivity index (χ3v) is 10.8. The SMILES string of the molecule is c1ccc2cc(-c3nc(-n4c5ccccc5c5c6sc7ccccc7c6ccc54)c4oc5cc6ccccc6cc5c4n3)ccc2c1. The van der Waals surface area contributed by atoms with Gasteiger partial charge < -0.3 is 4.42 Å². The standard InChI is InChI=1S/C42H23N3OS/c1-2-10-25-21-28(18-17-24(25)9-1)41-43-38-32-22-26-11-3-4-12-27(26)23-35(32)46-39(38)42(44-41)45-33-15-7-5-14-31(33)37-34(45)20-19-30-29-13-6-8-16-36(29)47-40(30)37/h1-23H. The van der Waals surface area contributed by atoms with E-state index < -0.39 is 0 Å². The minimum absolute atomic E-state index is 0.669. The predicted octanol–water partition coefficient (Wildman–Crippen LogP) is 11.8. The van der Waals surface area contributed by atoms with Crippen molar-refractivity contribution in [1.29, 1.82) is 0 Å². The van der Waals surface area contributed by atoms with Gasteiger partial charge in [-0.15, -0.1) is 11.3 Å². The van der Waals surface area contributed by atoms with Crippen LogP contribution in [0.5, 0.6) is 0 Å². The maximum atomic E-state index is 6.77. The summed E-state index contributed by atoms with van der Waals surface area (Å²) in [7, 11) is 0. The van der Waals surface area contributed by atoms with E-state index in [4.69, 9.17) is 14.4 Å². The highest BCUT2D eigenvalue weighted by Crippen LogP contribution is 2.44. The molecule has 0 aliphatic carbocycles. The van der Waals surface area contributed by atoms with Crippen LogP contribution in [0, 0.1) is 0 Å². The van der Waals surface area contributed by atoms with E-state index in [1.54, 1.807) is 0 Å². The molecule has 0 bridgehead atoms. The van der Waals surface area contributed by atoms with Gasteiger partial charge in [0.15, 0.2) is 17.2 Å². The van der Waals surface area contributed by atoms with Crippen LogP contribution in [-0.4, -0.2) is 14.5 Å². The molecule has 0 amide bonds. The van der Waals surface area contributed by atoms with Crippen LogP contribution >= 0.6 is 11.3 Å². The molecule has 0 radical (unpaired) electrons. The van der Waals surface area contributed by atoms with Crippen molar-refractivity contribution < 1.29 is 4.42 Å². The minimum Gasteiger partial charge on any atom is -0.450 e. The van der Waals surface area contributed by atoms with Crippen molar-refractivity contribution in [1.82, 2.24) is 14.5 Å². The van der Waals surface area contributed by atoms with Gasteiger partial charge in [-0.3, -0.25) is 4.57 Å². The van der Waals surface area contributed by atoms with Crippen molar-refractivity contribution in [3.05, 3.63) is 140 Å². The van der Waals surface area contributed by atoms with Gasteiger partial charge in [0.1, 0.15) is 11.1 Å². The number of hydrogen-bond acceptors (Lipinski definition) is 4. The van der Waals surface area contributed by atoms with Gasteiger partial charge in [0.2, 0.25) is 0 Å². The van der Waals surface area contributed by atoms with Crippen molar-refractivity contribution >= 4 is 96.9 Å². The summed E-state index contributed by atoms with van der Waals surface area (Å²) >= 11 is 1.85. The summed E-state index contributed by atoms with van der Waals surface area (Å²) in [5, 5.41) is 10.6. The molecule has 4 nitrogen and oxygen atoms in total. The molecular weight excluding hydrogens is 595 g/mol. The number of furan rings is 1. The molecule has 0 saturated heterocycles. The molecular formula is C42H23N3OS. The molecule has 11 rings (SSSR count). The zero-order valence-electron chi connectivity index (χ0n) is 24.9. The molecule has 47 heavy (non-hydrogen) atoms. The summed E-state index contributed by atoms with van der Waals surface area (Å²) < 4.78 is 11.6. The molecule has 11 aromatic rings. The Labute approximate surface area is 271 Å². The number of hydrogen-bond donors (Lipinski definition) is 0. The second-order valence-corrected chi connectivity index (χ2v) is 13.2. The average molecular weight is 618 g/mol. The smallest absolute Gasteiger partial charge is 0.197 e. The van der Waals surface area contributed by atoms with E-state index in [1.807, 2.05) is 11.3 Å². The Kier molecular flexibility index (Phi) is 4.96. The molecule has 218 valence electrons. The molecule has 4 aromatic heterocycles. The van der Waals surface area contributed by atoms with Gasteiger partial charge in [-0.25, -0.2) is 9.97 Å². The van der Waals surface area contributed by atoms with E-state index in [-0.39, 0.29) is 0 Å². The quantitative estimate of drug-likeness (QED) is 0.194. The Morgan fingerprint density at radius 1 is 0.532 bits per heavy atom. The molecule has 0 fully saturated rings. The molecule has 0 atom stereocenters. The monoisotopic (exact) mass is 617 g/mol. The molecule has 4 heterocycles. The zero-order chi connectivity index (χ0) is 30.6. The number of fused-ring (bicyclic) bond motifs is 12. The van der Waals surface area contributed by atoms with E-state index in [0.29, 0.717) is 11.4 Å². The normalized spacial score (nSPS) is 12.3. The molecule has 7 aromatic carbocycles. The van der Waals surface area contributed by atoms with Gasteiger partial charge in [-0.1, -0.05) is 103 Å². The predicted molar refractivity (Wildman–Crippen MR) is 197 cm³/mol. The lowest BCUT2D eigenvalue weighted by molar-refractivity contribution is 0.663. The van der Waals surface area contributed by atoms with Crippen LogP contribution in [0.15, 0.2) is 144 Å². The van der Waals surface area contributed by atoms with Gasteiger partial charge in [0.05, 0.1) is 11.0 Å². The molecule has 0 aliphatic rings. The van der Waals surface area contributed by atoms with Crippen LogP contribution in [0.1, 0.15) is 0 Å². The van der Waals surface area contributed by atoms with Gasteiger partial charge in [0, 0.05) is 41.9 Å². The van der Waals surface area contributed by atoms with Gasteiger partial charge >= 0.3 is 0 Å². The zero-order valence-corrected chi connectivity index (χ0v) is 25.8. The molecule has 0 unspecified atom stereocenters. The van der Waals surface area contributed by atoms with Crippen molar-refractivity contribution in [2.75, 3.05) is 0 Å². The summed E-state index contributed by atoms with van der Waals surface area (Å²) in [5.74, 6) is 1.41. The Hall–Kier alpha value is -6.04. The lowest BCUT2D eigenvalue weighted by atomic mass is 10.1. The van der Waals surface area contributed by atoms with Crippen LogP contribution in [0.25, 0.3) is 103 Å². The van der Waals surface area contributed by atoms with E-state index in [2.05, 4.69) is 144 Å². The lowest BCUT2D eigenvalue weighted by Crippen LogP contribution is -2.01. The minimum atomic E-state index is 0.669. The third kappa shape index (κ3) is 3.52. The first-order valence-electron chi connectivity index (χ1n) is 15.7. The summed E-state index contributed by atoms with van der Waals surface area (Å²) in [4.78, 5) is 10.6. The number of para-hydroxylation sites is 1. The highest BCUT2D eigenvalue weighted by atomic mass is 32.1. The summed E-state index contributed by atoms with van der Waals surface area (Å²) in [6.45, 7) is 0. The van der Waals surface area contributed by atoms with Crippen molar-refractivity contribution in [2.45, 2.75) is 0 Å². The molecule has 5 heteroatoms. The van der Waals surface area contributed by atoms with E-state index in [9.17, 15) is 0 Å². The van der Waals surface area contributed by atoms with Crippen LogP contribution in [-0.2, 0) is 0 Å². The lowest BCUT2D eigenvalue weighted by Gasteiger charge is -2.10. The molecule has 0 spiro atoms. The Morgan fingerprint density at radius 2 is 1.26 bits per heavy atom. The molecule has 0 aliphatic heterocycles. The first-order valence-corrected chi connectivity index (χ1v) is 16.6. The topological polar surface area (TPSA) is 43.9 Å². The first-order chi connectivity index (χ1) is 23.3. The number of aromatic nitrogens is 3. The second-order valence-electron chi connectivity index (χ2n) is 12.2. The average Bonchev–Trinajstić information content (AvgIpc) is 3.79. The van der Waals surface area contributed by atoms with E-state index in [0.717, 1.165) is 55.1 Å². The van der Waals surface area contributed by atoms with Gasteiger partial charge in [-0.05, 0) is 57.9 Å². The Balaban J connectivity index is 1.30. The van der Waals surface area contributed by atoms with Crippen LogP contribution < -0.4 is 0 Å². The Morgan fingerprint density at radius 3 is 2.13 bits per heavy atom. The number of thiophene rings is 1. The molecule has 0 N–H and O–H groups in total. The summed E-state index contributed by atoms with van der Waals surface area (Å²) in [6.07, 6.45) is 0. The van der Waals surface area contributed by atoms with Crippen molar-refractivity contribution in [2.24, 2.45) is 0 Å². The van der Waals surface area contributed by atoms with Gasteiger partial charge in [0.25, 0.3) is 0 Å². The van der Waals surface area contributed by atoms with Gasteiger partial charge in [-0.2, -0.15) is 0 Å². The number of benzene rings is 7. The number of nitrogens with zero attached hydrogens (tertiary/aromatic N) is 3. The van der Waals surface area contributed by atoms with Crippen LogP contribution in [0.4, 0.5) is 0 Å². The summed E-state index contributed by atoms with van der Waals surface area (Å²) in [5.41, 5.74) is 5.45. The fourth-order valence-corrected chi connectivity index (χ4v) is 8.65.